The number of carbonyl (C=O) groups is 1. The third-order valence-electron chi connectivity index (χ3n) is 4.52. The fraction of sp³-hybridized carbons (Fsp3) is 0.286. The zero-order chi connectivity index (χ0) is 19.3. The molecule has 2 aromatic carbocycles. The summed E-state index contributed by atoms with van der Waals surface area (Å²) in [5, 5.41) is 4.04. The fourth-order valence-electron chi connectivity index (χ4n) is 2.85. The number of nitrogens with one attached hydrogen (secondary N) is 2. The average molecular weight is 385 g/mol. The van der Waals surface area contributed by atoms with Gasteiger partial charge in [-0.2, -0.15) is 0 Å². The number of hydrogen-bond donors (Lipinski definition) is 2. The lowest BCUT2D eigenvalue weighted by molar-refractivity contribution is -0.120. The van der Waals surface area contributed by atoms with E-state index in [9.17, 15) is 13.2 Å². The second-order valence-electron chi connectivity index (χ2n) is 6.87. The summed E-state index contributed by atoms with van der Waals surface area (Å²) in [6.45, 7) is 1.69. The maximum absolute atomic E-state index is 12.3. The number of amides is 1. The highest BCUT2D eigenvalue weighted by molar-refractivity contribution is 7.92. The van der Waals surface area contributed by atoms with Crippen LogP contribution < -0.4 is 10.0 Å². The number of benzene rings is 2. The van der Waals surface area contributed by atoms with E-state index in [0.717, 1.165) is 34.9 Å². The Hall–Kier alpha value is -2.44. The van der Waals surface area contributed by atoms with Crippen molar-refractivity contribution >= 4 is 22.0 Å². The summed E-state index contributed by atoms with van der Waals surface area (Å²) in [5.74, 6) is 0.0949. The highest BCUT2D eigenvalue weighted by Gasteiger charge is 2.33. The summed E-state index contributed by atoms with van der Waals surface area (Å²) < 4.78 is 26.5. The molecule has 2 N–H and O–H groups in total. The number of sulfonamides is 1. The third-order valence-corrected chi connectivity index (χ3v) is 5.56. The van der Waals surface area contributed by atoms with Gasteiger partial charge in [0.15, 0.2) is 0 Å². The van der Waals surface area contributed by atoms with Crippen LogP contribution in [0.1, 0.15) is 35.6 Å². The van der Waals surface area contributed by atoms with E-state index in [1.165, 1.54) is 6.08 Å². The lowest BCUT2D eigenvalue weighted by Gasteiger charge is -2.18. The number of rotatable bonds is 8. The van der Waals surface area contributed by atoms with Gasteiger partial charge in [0, 0.05) is 5.41 Å². The van der Waals surface area contributed by atoms with Crippen molar-refractivity contribution in [3.8, 4) is 0 Å². The number of carbonyl (C=O) groups excluding carboxylic acids is 1. The van der Waals surface area contributed by atoms with Gasteiger partial charge in [0.25, 0.3) is 0 Å². The summed E-state index contributed by atoms with van der Waals surface area (Å²) in [5.41, 5.74) is 2.94. The predicted molar refractivity (Wildman–Crippen MR) is 107 cm³/mol. The first kappa shape index (κ1) is 19.3. The molecular formula is C21H24N2O3S. The molecule has 1 amide bonds. The smallest absolute Gasteiger partial charge is 0.235 e. The Morgan fingerprint density at radius 1 is 1.11 bits per heavy atom. The first-order valence-corrected chi connectivity index (χ1v) is 10.6. The van der Waals surface area contributed by atoms with Gasteiger partial charge >= 0.3 is 0 Å². The molecule has 1 fully saturated rings. The summed E-state index contributed by atoms with van der Waals surface area (Å²) in [6, 6.07) is 17.2. The molecule has 1 atom stereocenters. The van der Waals surface area contributed by atoms with Gasteiger partial charge in [-0.3, -0.25) is 4.79 Å². The predicted octanol–water partition coefficient (Wildman–Crippen LogP) is 3.15. The highest BCUT2D eigenvalue weighted by atomic mass is 32.2. The van der Waals surface area contributed by atoms with Crippen molar-refractivity contribution in [2.75, 3.05) is 6.54 Å². The van der Waals surface area contributed by atoms with Gasteiger partial charge < -0.3 is 5.32 Å². The van der Waals surface area contributed by atoms with Crippen molar-refractivity contribution in [2.24, 2.45) is 5.92 Å². The molecule has 27 heavy (non-hydrogen) atoms. The molecule has 0 saturated heterocycles. The van der Waals surface area contributed by atoms with E-state index in [2.05, 4.69) is 10.0 Å². The van der Waals surface area contributed by atoms with E-state index < -0.39 is 10.0 Å². The standard InChI is InChI=1S/C21H24N2O3S/c1-16-7-9-17(10-8-16)13-14-27(25,26)22-15-20(24)23-21(19-11-12-19)18-5-3-2-4-6-18/h2-10,13-14,19,21-22H,11-12,15H2,1H3,(H,23,24). The summed E-state index contributed by atoms with van der Waals surface area (Å²) >= 11 is 0. The van der Waals surface area contributed by atoms with Crippen molar-refractivity contribution in [3.05, 3.63) is 76.7 Å². The van der Waals surface area contributed by atoms with E-state index in [0.29, 0.717) is 5.92 Å². The Labute approximate surface area is 160 Å². The van der Waals surface area contributed by atoms with Crippen LogP contribution in [0.4, 0.5) is 0 Å². The Morgan fingerprint density at radius 2 is 1.78 bits per heavy atom. The molecule has 0 radical (unpaired) electrons. The second kappa shape index (κ2) is 8.50. The Morgan fingerprint density at radius 3 is 2.41 bits per heavy atom. The molecule has 142 valence electrons. The normalized spacial score (nSPS) is 15.6. The molecule has 1 unspecified atom stereocenters. The van der Waals surface area contributed by atoms with Crippen LogP contribution in [0.15, 0.2) is 60.0 Å². The maximum Gasteiger partial charge on any atom is 0.235 e. The van der Waals surface area contributed by atoms with Gasteiger partial charge in [-0.1, -0.05) is 60.2 Å². The Balaban J connectivity index is 1.55. The SMILES string of the molecule is Cc1ccc(C=CS(=O)(=O)NCC(=O)NC(c2ccccc2)C2CC2)cc1. The van der Waals surface area contributed by atoms with Gasteiger partial charge in [0.1, 0.15) is 0 Å². The van der Waals surface area contributed by atoms with Crippen LogP contribution in [-0.2, 0) is 14.8 Å². The van der Waals surface area contributed by atoms with E-state index in [1.54, 1.807) is 0 Å². The van der Waals surface area contributed by atoms with Crippen LogP contribution in [-0.4, -0.2) is 20.9 Å². The van der Waals surface area contributed by atoms with Crippen LogP contribution in [0, 0.1) is 12.8 Å². The van der Waals surface area contributed by atoms with E-state index in [-0.39, 0.29) is 18.5 Å². The minimum atomic E-state index is -3.68. The molecule has 6 heteroatoms. The van der Waals surface area contributed by atoms with Crippen molar-refractivity contribution in [1.29, 1.82) is 0 Å². The van der Waals surface area contributed by atoms with Crippen LogP contribution >= 0.6 is 0 Å². The molecule has 0 bridgehead atoms. The molecule has 0 aromatic heterocycles. The molecule has 1 aliphatic carbocycles. The summed E-state index contributed by atoms with van der Waals surface area (Å²) in [6.07, 6.45) is 3.66. The van der Waals surface area contributed by atoms with Crippen molar-refractivity contribution < 1.29 is 13.2 Å². The lowest BCUT2D eigenvalue weighted by atomic mass is 10.0. The largest absolute Gasteiger partial charge is 0.348 e. The van der Waals surface area contributed by atoms with Crippen molar-refractivity contribution in [3.63, 3.8) is 0 Å². The quantitative estimate of drug-likeness (QED) is 0.734. The van der Waals surface area contributed by atoms with Crippen LogP contribution in [0.5, 0.6) is 0 Å². The monoisotopic (exact) mass is 384 g/mol. The second-order valence-corrected chi connectivity index (χ2v) is 8.52. The molecule has 0 heterocycles. The highest BCUT2D eigenvalue weighted by Crippen LogP contribution is 2.40. The average Bonchev–Trinajstić information content (AvgIpc) is 3.50. The zero-order valence-corrected chi connectivity index (χ0v) is 16.1. The van der Waals surface area contributed by atoms with Crippen molar-refractivity contribution in [1.82, 2.24) is 10.0 Å². The lowest BCUT2D eigenvalue weighted by Crippen LogP contribution is -2.38. The van der Waals surface area contributed by atoms with Crippen LogP contribution in [0.25, 0.3) is 6.08 Å². The molecule has 3 rings (SSSR count). The van der Waals surface area contributed by atoms with Crippen LogP contribution in [0.3, 0.4) is 0 Å². The van der Waals surface area contributed by atoms with E-state index >= 15 is 0 Å². The molecule has 1 aliphatic rings. The summed E-state index contributed by atoms with van der Waals surface area (Å²) in [7, 11) is -3.68. The Kier molecular flexibility index (Phi) is 6.08. The van der Waals surface area contributed by atoms with Crippen LogP contribution in [0.2, 0.25) is 0 Å². The zero-order valence-electron chi connectivity index (χ0n) is 15.3. The molecule has 5 nitrogen and oxygen atoms in total. The van der Waals surface area contributed by atoms with Crippen molar-refractivity contribution in [2.45, 2.75) is 25.8 Å². The minimum absolute atomic E-state index is 0.0636. The van der Waals surface area contributed by atoms with E-state index in [1.807, 2.05) is 61.5 Å². The fourth-order valence-corrected chi connectivity index (χ4v) is 3.61. The topological polar surface area (TPSA) is 75.3 Å². The van der Waals surface area contributed by atoms with Gasteiger partial charge in [-0.25, -0.2) is 13.1 Å². The maximum atomic E-state index is 12.3. The molecule has 0 spiro atoms. The van der Waals surface area contributed by atoms with Gasteiger partial charge in [0.05, 0.1) is 12.6 Å². The first-order valence-electron chi connectivity index (χ1n) is 9.02. The van der Waals surface area contributed by atoms with E-state index in [4.69, 9.17) is 0 Å². The van der Waals surface area contributed by atoms with Gasteiger partial charge in [-0.15, -0.1) is 0 Å². The first-order chi connectivity index (χ1) is 12.9. The molecule has 0 aliphatic heterocycles. The minimum Gasteiger partial charge on any atom is -0.348 e. The Bertz CT molecular complexity index is 902. The molecule has 1 saturated carbocycles. The third kappa shape index (κ3) is 6.05. The summed E-state index contributed by atoms with van der Waals surface area (Å²) in [4.78, 5) is 12.3. The molecule has 2 aromatic rings. The van der Waals surface area contributed by atoms with Gasteiger partial charge in [-0.05, 0) is 42.9 Å². The number of aryl methyl sites for hydroxylation is 1. The molecular weight excluding hydrogens is 360 g/mol. The van der Waals surface area contributed by atoms with Gasteiger partial charge in [0.2, 0.25) is 15.9 Å². The number of hydrogen-bond acceptors (Lipinski definition) is 3.